The summed E-state index contributed by atoms with van der Waals surface area (Å²) in [7, 11) is 0. The third-order valence-corrected chi connectivity index (χ3v) is 3.91. The lowest BCUT2D eigenvalue weighted by molar-refractivity contribution is 0.102. The zero-order valence-corrected chi connectivity index (χ0v) is 11.6. The monoisotopic (exact) mass is 273 g/mol. The fourth-order valence-electron chi connectivity index (χ4n) is 2.80. The molecule has 20 heavy (non-hydrogen) atoms. The van der Waals surface area contributed by atoms with Gasteiger partial charge in [0.25, 0.3) is 0 Å². The van der Waals surface area contributed by atoms with Gasteiger partial charge in [-0.1, -0.05) is 24.1 Å². The first kappa shape index (κ1) is 13.2. The zero-order chi connectivity index (χ0) is 13.9. The molecule has 0 aromatic carbocycles. The van der Waals surface area contributed by atoms with E-state index >= 15 is 0 Å². The molecule has 5 heteroatoms. The van der Waals surface area contributed by atoms with E-state index in [1.807, 2.05) is 25.1 Å². The highest BCUT2D eigenvalue weighted by atomic mass is 16.5. The number of hydrogen-bond donors (Lipinski definition) is 1. The number of aliphatic hydroxyl groups is 1. The number of nitrogens with zero attached hydrogens (tertiary/aromatic N) is 3. The van der Waals surface area contributed by atoms with E-state index in [0.717, 1.165) is 18.5 Å². The van der Waals surface area contributed by atoms with Gasteiger partial charge in [-0.05, 0) is 37.8 Å². The van der Waals surface area contributed by atoms with Gasteiger partial charge in [0, 0.05) is 5.69 Å². The van der Waals surface area contributed by atoms with Gasteiger partial charge >= 0.3 is 0 Å². The van der Waals surface area contributed by atoms with Crippen LogP contribution in [0.4, 0.5) is 0 Å². The third kappa shape index (κ3) is 2.88. The van der Waals surface area contributed by atoms with Crippen molar-refractivity contribution in [3.05, 3.63) is 29.8 Å². The van der Waals surface area contributed by atoms with Crippen molar-refractivity contribution < 1.29 is 9.63 Å². The van der Waals surface area contributed by atoms with Crippen LogP contribution in [0.1, 0.15) is 37.3 Å². The number of aryl methyl sites for hydroxylation is 1. The Morgan fingerprint density at radius 1 is 1.30 bits per heavy atom. The van der Waals surface area contributed by atoms with Crippen LogP contribution in [0.3, 0.4) is 0 Å². The summed E-state index contributed by atoms with van der Waals surface area (Å²) in [5.74, 6) is 1.35. The van der Waals surface area contributed by atoms with E-state index in [0.29, 0.717) is 29.7 Å². The van der Waals surface area contributed by atoms with E-state index in [2.05, 4.69) is 15.1 Å². The van der Waals surface area contributed by atoms with E-state index in [1.165, 1.54) is 12.8 Å². The highest BCUT2D eigenvalue weighted by Gasteiger charge is 2.25. The Labute approximate surface area is 118 Å². The van der Waals surface area contributed by atoms with Gasteiger partial charge in [0.05, 0.1) is 12.5 Å². The molecule has 1 saturated carbocycles. The first-order valence-corrected chi connectivity index (χ1v) is 7.17. The second-order valence-electron chi connectivity index (χ2n) is 5.49. The number of hydrogen-bond acceptors (Lipinski definition) is 5. The molecule has 0 amide bonds. The number of rotatable bonds is 4. The minimum atomic E-state index is -0.378. The molecule has 5 nitrogen and oxygen atoms in total. The van der Waals surface area contributed by atoms with Crippen molar-refractivity contribution in [1.82, 2.24) is 15.1 Å². The molecule has 2 aromatic rings. The second kappa shape index (κ2) is 5.71. The van der Waals surface area contributed by atoms with Crippen molar-refractivity contribution >= 4 is 0 Å². The van der Waals surface area contributed by atoms with Crippen molar-refractivity contribution in [2.75, 3.05) is 0 Å². The van der Waals surface area contributed by atoms with Crippen molar-refractivity contribution in [1.29, 1.82) is 0 Å². The molecule has 1 unspecified atom stereocenters. The average molecular weight is 273 g/mol. The Morgan fingerprint density at radius 2 is 2.10 bits per heavy atom. The maximum Gasteiger partial charge on any atom is 0.229 e. The van der Waals surface area contributed by atoms with Crippen LogP contribution < -0.4 is 0 Å². The van der Waals surface area contributed by atoms with Crippen LogP contribution in [0.5, 0.6) is 0 Å². The molecule has 0 aliphatic heterocycles. The second-order valence-corrected chi connectivity index (χ2v) is 5.49. The summed E-state index contributed by atoms with van der Waals surface area (Å²) in [6.45, 7) is 1.92. The maximum absolute atomic E-state index is 10.2. The molecule has 0 saturated heterocycles. The lowest BCUT2D eigenvalue weighted by atomic mass is 9.98. The van der Waals surface area contributed by atoms with Crippen LogP contribution >= 0.6 is 0 Å². The largest absolute Gasteiger partial charge is 0.392 e. The average Bonchev–Trinajstić information content (AvgIpc) is 3.10. The van der Waals surface area contributed by atoms with E-state index in [1.54, 1.807) is 0 Å². The molecule has 1 atom stereocenters. The molecule has 2 heterocycles. The van der Waals surface area contributed by atoms with Crippen molar-refractivity contribution in [3.8, 4) is 11.5 Å². The fraction of sp³-hybridized carbons (Fsp3) is 0.533. The Hall–Kier alpha value is -1.75. The van der Waals surface area contributed by atoms with E-state index < -0.39 is 0 Å². The molecule has 2 aromatic heterocycles. The van der Waals surface area contributed by atoms with Crippen molar-refractivity contribution in [2.45, 2.75) is 45.1 Å². The van der Waals surface area contributed by atoms with Gasteiger partial charge in [-0.15, -0.1) is 0 Å². The molecule has 1 aliphatic rings. The van der Waals surface area contributed by atoms with Gasteiger partial charge in [0.2, 0.25) is 11.7 Å². The summed E-state index contributed by atoms with van der Waals surface area (Å²) in [5.41, 5.74) is 1.62. The molecule has 1 fully saturated rings. The Bertz CT molecular complexity index is 576. The summed E-state index contributed by atoms with van der Waals surface area (Å²) >= 11 is 0. The van der Waals surface area contributed by atoms with Gasteiger partial charge in [0.1, 0.15) is 5.69 Å². The molecule has 106 valence electrons. The first-order chi connectivity index (χ1) is 9.72. The number of aromatic nitrogens is 3. The maximum atomic E-state index is 10.2. The molecular weight excluding hydrogens is 254 g/mol. The van der Waals surface area contributed by atoms with E-state index in [-0.39, 0.29) is 6.10 Å². The first-order valence-electron chi connectivity index (χ1n) is 7.17. The predicted molar refractivity (Wildman–Crippen MR) is 73.9 cm³/mol. The Balaban J connectivity index is 1.70. The van der Waals surface area contributed by atoms with Gasteiger partial charge < -0.3 is 9.63 Å². The van der Waals surface area contributed by atoms with Crippen LogP contribution in [0.2, 0.25) is 0 Å². The summed E-state index contributed by atoms with van der Waals surface area (Å²) in [5, 5.41) is 14.1. The lowest BCUT2D eigenvalue weighted by Crippen LogP contribution is -2.20. The molecule has 0 bridgehead atoms. The molecule has 0 spiro atoms. The van der Waals surface area contributed by atoms with Crippen LogP contribution in [0.25, 0.3) is 11.5 Å². The number of pyridine rings is 1. The van der Waals surface area contributed by atoms with Crippen molar-refractivity contribution in [3.63, 3.8) is 0 Å². The van der Waals surface area contributed by atoms with Crippen LogP contribution in [-0.2, 0) is 6.42 Å². The standard InChI is InChI=1S/C15H19N3O2/c1-10-5-4-8-12(16-10)15-17-14(20-18-15)9-13(19)11-6-2-3-7-11/h4-5,8,11,13,19H,2-3,6-7,9H2,1H3. The van der Waals surface area contributed by atoms with Gasteiger partial charge in [-0.3, -0.25) is 0 Å². The SMILES string of the molecule is Cc1cccc(-c2noc(CC(O)C3CCCC3)n2)n1. The highest BCUT2D eigenvalue weighted by Crippen LogP contribution is 2.29. The van der Waals surface area contributed by atoms with Gasteiger partial charge in [-0.2, -0.15) is 4.98 Å². The van der Waals surface area contributed by atoms with E-state index in [4.69, 9.17) is 4.52 Å². The smallest absolute Gasteiger partial charge is 0.229 e. The quantitative estimate of drug-likeness (QED) is 0.926. The summed E-state index contributed by atoms with van der Waals surface area (Å²) in [6.07, 6.45) is 4.68. The Kier molecular flexibility index (Phi) is 3.78. The minimum Gasteiger partial charge on any atom is -0.392 e. The van der Waals surface area contributed by atoms with Crippen LogP contribution in [0.15, 0.2) is 22.7 Å². The van der Waals surface area contributed by atoms with Gasteiger partial charge in [-0.25, -0.2) is 4.98 Å². The van der Waals surface area contributed by atoms with Crippen molar-refractivity contribution in [2.24, 2.45) is 5.92 Å². The summed E-state index contributed by atoms with van der Waals surface area (Å²) < 4.78 is 5.23. The number of aliphatic hydroxyl groups excluding tert-OH is 1. The topological polar surface area (TPSA) is 72.0 Å². The highest BCUT2D eigenvalue weighted by molar-refractivity contribution is 5.47. The minimum absolute atomic E-state index is 0.377. The predicted octanol–water partition coefficient (Wildman–Crippen LogP) is 2.53. The normalized spacial score (nSPS) is 17.5. The van der Waals surface area contributed by atoms with Crippen LogP contribution in [0, 0.1) is 12.8 Å². The third-order valence-electron chi connectivity index (χ3n) is 3.91. The van der Waals surface area contributed by atoms with Gasteiger partial charge in [0.15, 0.2) is 0 Å². The molecule has 3 rings (SSSR count). The van der Waals surface area contributed by atoms with Crippen LogP contribution in [-0.4, -0.2) is 26.3 Å². The molecule has 1 N–H and O–H groups in total. The Morgan fingerprint density at radius 3 is 2.85 bits per heavy atom. The summed E-state index contributed by atoms with van der Waals surface area (Å²) in [4.78, 5) is 8.70. The molecular formula is C15H19N3O2. The molecule has 1 aliphatic carbocycles. The zero-order valence-electron chi connectivity index (χ0n) is 11.6. The molecule has 0 radical (unpaired) electrons. The lowest BCUT2D eigenvalue weighted by Gasteiger charge is -2.14. The summed E-state index contributed by atoms with van der Waals surface area (Å²) in [6, 6.07) is 5.70. The van der Waals surface area contributed by atoms with E-state index in [9.17, 15) is 5.11 Å². The fourth-order valence-corrected chi connectivity index (χ4v) is 2.80.